The van der Waals surface area contributed by atoms with Crippen LogP contribution in [0.5, 0.6) is 0 Å². The van der Waals surface area contributed by atoms with Gasteiger partial charge in [-0.15, -0.1) is 0 Å². The number of aliphatic hydroxyl groups excluding tert-OH is 1. The van der Waals surface area contributed by atoms with Crippen molar-refractivity contribution in [3.05, 3.63) is 0 Å². The number of rotatable bonds is 0. The summed E-state index contributed by atoms with van der Waals surface area (Å²) in [5.74, 6) is 0.728. The van der Waals surface area contributed by atoms with Crippen molar-refractivity contribution in [1.82, 2.24) is 5.32 Å². The molecule has 0 spiro atoms. The third-order valence-electron chi connectivity index (χ3n) is 4.45. The minimum Gasteiger partial charge on any atom is -0.393 e. The van der Waals surface area contributed by atoms with Gasteiger partial charge in [0.25, 0.3) is 0 Å². The van der Waals surface area contributed by atoms with E-state index in [9.17, 15) is 10.2 Å². The fourth-order valence-corrected chi connectivity index (χ4v) is 2.99. The molecule has 1 heterocycles. The number of aliphatic hydroxyl groups is 2. The van der Waals surface area contributed by atoms with Crippen molar-refractivity contribution in [2.24, 2.45) is 11.3 Å². The molecule has 2 rings (SSSR count). The molecule has 3 N–H and O–H groups in total. The molecular weight excluding hydrogens is 238 g/mol. The van der Waals surface area contributed by atoms with Crippen LogP contribution in [0.25, 0.3) is 0 Å². The predicted molar refractivity (Wildman–Crippen MR) is 80.1 cm³/mol. The molecular formula is C16H33NO2. The van der Waals surface area contributed by atoms with Crippen LogP contribution in [0.1, 0.15) is 66.2 Å². The van der Waals surface area contributed by atoms with Crippen LogP contribution in [-0.4, -0.2) is 35.0 Å². The Balaban J connectivity index is 0.000000200. The van der Waals surface area contributed by atoms with Crippen LogP contribution >= 0.6 is 0 Å². The standard InChI is InChI=1S/C10H20O.C6H13NO/c1-10(2,3)8-5-4-6-9(11)7-8;1-6(8)3-2-4-7-5-6/h8-9,11H,4-7H2,1-3H3;7-8H,2-5H2,1H3. The highest BCUT2D eigenvalue weighted by molar-refractivity contribution is 4.81. The second kappa shape index (κ2) is 7.05. The second-order valence-electron chi connectivity index (χ2n) is 7.66. The lowest BCUT2D eigenvalue weighted by Crippen LogP contribution is -2.42. The molecule has 3 heteroatoms. The topological polar surface area (TPSA) is 52.5 Å². The summed E-state index contributed by atoms with van der Waals surface area (Å²) in [7, 11) is 0. The number of β-amino-alcohol motifs (C(OH)–C–C–N with tert-alkyl or cyclic N) is 1. The zero-order valence-electron chi connectivity index (χ0n) is 13.2. The minimum absolute atomic E-state index is 0.0204. The molecule has 1 aliphatic heterocycles. The largest absolute Gasteiger partial charge is 0.393 e. The highest BCUT2D eigenvalue weighted by Gasteiger charge is 2.29. The highest BCUT2D eigenvalue weighted by Crippen LogP contribution is 2.37. The Bertz CT molecular complexity index is 250. The van der Waals surface area contributed by atoms with Gasteiger partial charge in [-0.2, -0.15) is 0 Å². The lowest BCUT2D eigenvalue weighted by Gasteiger charge is -2.35. The molecule has 114 valence electrons. The molecule has 3 atom stereocenters. The van der Waals surface area contributed by atoms with Crippen LogP contribution in [0.15, 0.2) is 0 Å². The van der Waals surface area contributed by atoms with Crippen molar-refractivity contribution in [3.63, 3.8) is 0 Å². The van der Waals surface area contributed by atoms with Crippen LogP contribution in [-0.2, 0) is 0 Å². The summed E-state index contributed by atoms with van der Waals surface area (Å²) in [6, 6.07) is 0. The molecule has 2 fully saturated rings. The molecule has 0 radical (unpaired) electrons. The number of piperidine rings is 1. The van der Waals surface area contributed by atoms with Gasteiger partial charge in [0.2, 0.25) is 0 Å². The van der Waals surface area contributed by atoms with Crippen LogP contribution in [0.4, 0.5) is 0 Å². The Morgan fingerprint density at radius 3 is 2.16 bits per heavy atom. The van der Waals surface area contributed by atoms with Gasteiger partial charge < -0.3 is 15.5 Å². The van der Waals surface area contributed by atoms with Crippen LogP contribution < -0.4 is 5.32 Å². The van der Waals surface area contributed by atoms with Gasteiger partial charge in [0.1, 0.15) is 0 Å². The van der Waals surface area contributed by atoms with E-state index < -0.39 is 5.60 Å². The molecule has 0 aromatic rings. The van der Waals surface area contributed by atoms with E-state index in [-0.39, 0.29) is 6.10 Å². The molecule has 2 aliphatic rings. The monoisotopic (exact) mass is 271 g/mol. The lowest BCUT2D eigenvalue weighted by molar-refractivity contribution is 0.0351. The van der Waals surface area contributed by atoms with Gasteiger partial charge in [-0.3, -0.25) is 0 Å². The van der Waals surface area contributed by atoms with Gasteiger partial charge in [0.05, 0.1) is 11.7 Å². The van der Waals surface area contributed by atoms with E-state index in [1.165, 1.54) is 12.8 Å². The Kier molecular flexibility index (Phi) is 6.28. The van der Waals surface area contributed by atoms with Crippen molar-refractivity contribution in [1.29, 1.82) is 0 Å². The van der Waals surface area contributed by atoms with Gasteiger partial charge in [-0.25, -0.2) is 0 Å². The summed E-state index contributed by atoms with van der Waals surface area (Å²) in [5, 5.41) is 21.9. The summed E-state index contributed by atoms with van der Waals surface area (Å²) in [6.07, 6.45) is 6.58. The first-order valence-corrected chi connectivity index (χ1v) is 7.82. The zero-order chi connectivity index (χ0) is 14.5. The summed E-state index contributed by atoms with van der Waals surface area (Å²) >= 11 is 0. The van der Waals surface area contributed by atoms with Gasteiger partial charge >= 0.3 is 0 Å². The molecule has 0 amide bonds. The quantitative estimate of drug-likeness (QED) is 0.635. The molecule has 0 aromatic heterocycles. The van der Waals surface area contributed by atoms with Crippen molar-refractivity contribution in [3.8, 4) is 0 Å². The van der Waals surface area contributed by atoms with Crippen LogP contribution in [0.3, 0.4) is 0 Å². The third-order valence-corrected chi connectivity index (χ3v) is 4.45. The predicted octanol–water partition coefficient (Wildman–Crippen LogP) is 2.70. The average Bonchev–Trinajstić information content (AvgIpc) is 2.28. The fourth-order valence-electron chi connectivity index (χ4n) is 2.99. The molecule has 3 nitrogen and oxygen atoms in total. The first-order chi connectivity index (χ1) is 8.71. The fraction of sp³-hybridized carbons (Fsp3) is 1.00. The Morgan fingerprint density at radius 2 is 1.84 bits per heavy atom. The summed E-state index contributed by atoms with van der Waals surface area (Å²) < 4.78 is 0. The highest BCUT2D eigenvalue weighted by atomic mass is 16.3. The second-order valence-corrected chi connectivity index (χ2v) is 7.66. The van der Waals surface area contributed by atoms with Crippen LogP contribution in [0, 0.1) is 11.3 Å². The molecule has 3 unspecified atom stereocenters. The lowest BCUT2D eigenvalue weighted by atomic mass is 9.72. The van der Waals surface area contributed by atoms with Gasteiger partial charge in [0, 0.05) is 6.54 Å². The van der Waals surface area contributed by atoms with E-state index in [4.69, 9.17) is 0 Å². The average molecular weight is 271 g/mol. The SMILES string of the molecule is CC(C)(C)C1CCCC(O)C1.CC1(O)CCCNC1. The van der Waals surface area contributed by atoms with E-state index in [1.807, 2.05) is 6.92 Å². The zero-order valence-corrected chi connectivity index (χ0v) is 13.2. The summed E-state index contributed by atoms with van der Waals surface area (Å²) in [5.41, 5.74) is -0.0420. The van der Waals surface area contributed by atoms with Gasteiger partial charge in [-0.1, -0.05) is 27.2 Å². The summed E-state index contributed by atoms with van der Waals surface area (Å²) in [4.78, 5) is 0. The van der Waals surface area contributed by atoms with E-state index in [2.05, 4.69) is 26.1 Å². The van der Waals surface area contributed by atoms with E-state index in [0.717, 1.165) is 44.7 Å². The van der Waals surface area contributed by atoms with Crippen molar-refractivity contribution >= 4 is 0 Å². The van der Waals surface area contributed by atoms with E-state index >= 15 is 0 Å². The maximum Gasteiger partial charge on any atom is 0.0744 e. The Morgan fingerprint density at radius 1 is 1.16 bits per heavy atom. The molecule has 19 heavy (non-hydrogen) atoms. The molecule has 0 bridgehead atoms. The molecule has 0 aromatic carbocycles. The maximum absolute atomic E-state index is 9.44. The smallest absolute Gasteiger partial charge is 0.0744 e. The maximum atomic E-state index is 9.44. The molecule has 1 aliphatic carbocycles. The number of nitrogens with one attached hydrogen (secondary N) is 1. The van der Waals surface area contributed by atoms with E-state index in [1.54, 1.807) is 0 Å². The number of hydrogen-bond donors (Lipinski definition) is 3. The summed E-state index contributed by atoms with van der Waals surface area (Å²) in [6.45, 7) is 10.5. The van der Waals surface area contributed by atoms with Crippen molar-refractivity contribution < 1.29 is 10.2 Å². The van der Waals surface area contributed by atoms with Gasteiger partial charge in [0.15, 0.2) is 0 Å². The normalized spacial score (nSPS) is 36.3. The van der Waals surface area contributed by atoms with E-state index in [0.29, 0.717) is 5.41 Å². The Hall–Kier alpha value is -0.120. The van der Waals surface area contributed by atoms with Gasteiger partial charge in [-0.05, 0) is 56.9 Å². The first kappa shape index (κ1) is 16.9. The minimum atomic E-state index is -0.432. The van der Waals surface area contributed by atoms with Crippen molar-refractivity contribution in [2.45, 2.75) is 77.9 Å². The molecule has 1 saturated heterocycles. The number of hydrogen-bond acceptors (Lipinski definition) is 3. The van der Waals surface area contributed by atoms with Crippen LogP contribution in [0.2, 0.25) is 0 Å². The van der Waals surface area contributed by atoms with Crippen molar-refractivity contribution in [2.75, 3.05) is 13.1 Å². The first-order valence-electron chi connectivity index (χ1n) is 7.82. The Labute approximate surface area is 118 Å². The molecule has 1 saturated carbocycles. The third kappa shape index (κ3) is 6.73.